The first-order chi connectivity index (χ1) is 9.60. The monoisotopic (exact) mass is 280 g/mol. The second-order valence-corrected chi connectivity index (χ2v) is 4.59. The van der Waals surface area contributed by atoms with Crippen LogP contribution in [0.25, 0.3) is 0 Å². The zero-order valence-electron chi connectivity index (χ0n) is 12.2. The van der Waals surface area contributed by atoms with E-state index >= 15 is 0 Å². The number of hydrogen-bond donors (Lipinski definition) is 2. The van der Waals surface area contributed by atoms with Gasteiger partial charge in [0.05, 0.1) is 19.3 Å². The molecular formula is C15H24N2O3. The molecule has 0 aliphatic carbocycles. The fourth-order valence-electron chi connectivity index (χ4n) is 1.92. The van der Waals surface area contributed by atoms with Gasteiger partial charge in [0.15, 0.2) is 0 Å². The first kappa shape index (κ1) is 16.6. The summed E-state index contributed by atoms with van der Waals surface area (Å²) in [7, 11) is 0. The molecule has 0 radical (unpaired) electrons. The number of carbonyl (C=O) groups is 1. The molecule has 112 valence electrons. The molecule has 1 rings (SSSR count). The van der Waals surface area contributed by atoms with Crippen molar-refractivity contribution in [2.24, 2.45) is 5.73 Å². The van der Waals surface area contributed by atoms with Crippen LogP contribution < -0.4 is 5.73 Å². The Labute approximate surface area is 120 Å². The van der Waals surface area contributed by atoms with Gasteiger partial charge in [-0.2, -0.15) is 0 Å². The van der Waals surface area contributed by atoms with Crippen LogP contribution in [0.15, 0.2) is 24.3 Å². The van der Waals surface area contributed by atoms with Crippen molar-refractivity contribution in [1.29, 1.82) is 0 Å². The minimum absolute atomic E-state index is 0.197. The van der Waals surface area contributed by atoms with Crippen LogP contribution in [0.4, 0.5) is 0 Å². The summed E-state index contributed by atoms with van der Waals surface area (Å²) in [6.45, 7) is 5.86. The largest absolute Gasteiger partial charge is 0.465 e. The van der Waals surface area contributed by atoms with Gasteiger partial charge < -0.3 is 15.6 Å². The number of likely N-dealkylation sites (N-methyl/N-ethyl adjacent to an activating group) is 1. The van der Waals surface area contributed by atoms with E-state index in [2.05, 4.69) is 0 Å². The predicted octanol–water partition coefficient (Wildman–Crippen LogP) is 1.06. The molecule has 0 aliphatic rings. The van der Waals surface area contributed by atoms with Crippen LogP contribution in [0.5, 0.6) is 0 Å². The molecule has 5 nitrogen and oxygen atoms in total. The Balaban J connectivity index is 2.56. The first-order valence-electron chi connectivity index (χ1n) is 6.95. The van der Waals surface area contributed by atoms with Crippen LogP contribution in [0.1, 0.15) is 31.1 Å². The van der Waals surface area contributed by atoms with Gasteiger partial charge in [0.1, 0.15) is 0 Å². The maximum atomic E-state index is 11.5. The van der Waals surface area contributed by atoms with Crippen LogP contribution in [0.2, 0.25) is 0 Å². The van der Waals surface area contributed by atoms with Crippen molar-refractivity contribution < 1.29 is 14.6 Å². The van der Waals surface area contributed by atoms with Gasteiger partial charge in [-0.3, -0.25) is 9.69 Å². The molecule has 0 fully saturated rings. The van der Waals surface area contributed by atoms with E-state index in [-0.39, 0.29) is 12.5 Å². The number of hydrogen-bond acceptors (Lipinski definition) is 5. The van der Waals surface area contributed by atoms with E-state index in [1.165, 1.54) is 0 Å². The average molecular weight is 280 g/mol. The maximum Gasteiger partial charge on any atom is 0.320 e. The van der Waals surface area contributed by atoms with Crippen LogP contribution in [0.3, 0.4) is 0 Å². The second-order valence-electron chi connectivity index (χ2n) is 4.59. The lowest BCUT2D eigenvalue weighted by Crippen LogP contribution is -2.34. The number of rotatable bonds is 8. The molecule has 1 aromatic rings. The van der Waals surface area contributed by atoms with Crippen molar-refractivity contribution in [3.8, 4) is 0 Å². The molecule has 20 heavy (non-hydrogen) atoms. The number of esters is 1. The number of ether oxygens (including phenoxy) is 1. The third-order valence-corrected chi connectivity index (χ3v) is 3.14. The van der Waals surface area contributed by atoms with Crippen molar-refractivity contribution in [2.45, 2.75) is 26.5 Å². The molecule has 1 unspecified atom stereocenters. The number of carbonyl (C=O) groups excluding carboxylic acids is 1. The quantitative estimate of drug-likeness (QED) is 0.697. The van der Waals surface area contributed by atoms with Crippen LogP contribution in [-0.4, -0.2) is 42.2 Å². The van der Waals surface area contributed by atoms with Gasteiger partial charge >= 0.3 is 5.97 Å². The number of aliphatic hydroxyl groups excluding tert-OH is 1. The van der Waals surface area contributed by atoms with Gasteiger partial charge in [-0.05, 0) is 24.6 Å². The Morgan fingerprint density at radius 1 is 1.35 bits per heavy atom. The molecule has 3 N–H and O–H groups in total. The average Bonchev–Trinajstić information content (AvgIpc) is 2.46. The van der Waals surface area contributed by atoms with Crippen molar-refractivity contribution >= 4 is 5.97 Å². The number of aliphatic hydroxyl groups is 1. The minimum atomic E-state index is -0.629. The Kier molecular flexibility index (Phi) is 7.22. The number of nitrogens with two attached hydrogens (primary N) is 1. The molecule has 0 bridgehead atoms. The Bertz CT molecular complexity index is 406. The number of nitrogens with zero attached hydrogens (tertiary/aromatic N) is 1. The molecule has 0 aliphatic heterocycles. The van der Waals surface area contributed by atoms with Crippen molar-refractivity contribution in [3.05, 3.63) is 35.4 Å². The molecular weight excluding hydrogens is 256 g/mol. The summed E-state index contributed by atoms with van der Waals surface area (Å²) < 4.78 is 4.92. The molecule has 0 aromatic heterocycles. The van der Waals surface area contributed by atoms with E-state index in [0.717, 1.165) is 11.1 Å². The second kappa shape index (κ2) is 8.68. The SMILES string of the molecule is CCOC(=O)CN(CC)CC(O)c1ccc(CN)cc1. The molecule has 0 spiro atoms. The van der Waals surface area contributed by atoms with E-state index in [1.807, 2.05) is 36.1 Å². The Morgan fingerprint density at radius 3 is 2.50 bits per heavy atom. The fourth-order valence-corrected chi connectivity index (χ4v) is 1.92. The molecule has 1 aromatic carbocycles. The van der Waals surface area contributed by atoms with Gasteiger partial charge in [-0.15, -0.1) is 0 Å². The highest BCUT2D eigenvalue weighted by Gasteiger charge is 2.15. The molecule has 0 amide bonds. The highest BCUT2D eigenvalue weighted by Crippen LogP contribution is 2.15. The lowest BCUT2D eigenvalue weighted by atomic mass is 10.1. The molecule has 1 atom stereocenters. The standard InChI is InChI=1S/C15H24N2O3/c1-3-17(11-15(19)20-4-2)10-14(18)13-7-5-12(9-16)6-8-13/h5-8,14,18H,3-4,9-11,16H2,1-2H3. The summed E-state index contributed by atoms with van der Waals surface area (Å²) in [6, 6.07) is 7.54. The van der Waals surface area contributed by atoms with E-state index in [4.69, 9.17) is 10.5 Å². The van der Waals surface area contributed by atoms with Gasteiger partial charge in [-0.25, -0.2) is 0 Å². The van der Waals surface area contributed by atoms with Crippen molar-refractivity contribution in [2.75, 3.05) is 26.2 Å². The Hall–Kier alpha value is -1.43. The van der Waals surface area contributed by atoms with E-state index in [0.29, 0.717) is 26.2 Å². The molecule has 0 saturated heterocycles. The van der Waals surface area contributed by atoms with E-state index < -0.39 is 6.10 Å². The first-order valence-corrected chi connectivity index (χ1v) is 6.95. The van der Waals surface area contributed by atoms with Gasteiger partial charge in [0.25, 0.3) is 0 Å². The zero-order valence-corrected chi connectivity index (χ0v) is 12.2. The summed E-state index contributed by atoms with van der Waals surface area (Å²) in [5, 5.41) is 10.2. The summed E-state index contributed by atoms with van der Waals surface area (Å²) in [5.74, 6) is -0.264. The van der Waals surface area contributed by atoms with Gasteiger partial charge in [-0.1, -0.05) is 31.2 Å². The lowest BCUT2D eigenvalue weighted by Gasteiger charge is -2.22. The third kappa shape index (κ3) is 5.28. The fraction of sp³-hybridized carbons (Fsp3) is 0.533. The Morgan fingerprint density at radius 2 is 2.00 bits per heavy atom. The van der Waals surface area contributed by atoms with Crippen molar-refractivity contribution in [3.63, 3.8) is 0 Å². The summed E-state index contributed by atoms with van der Waals surface area (Å²) in [5.41, 5.74) is 7.39. The lowest BCUT2D eigenvalue weighted by molar-refractivity contribution is -0.144. The third-order valence-electron chi connectivity index (χ3n) is 3.14. The van der Waals surface area contributed by atoms with Crippen LogP contribution in [-0.2, 0) is 16.1 Å². The van der Waals surface area contributed by atoms with Crippen molar-refractivity contribution in [1.82, 2.24) is 4.90 Å². The molecule has 0 heterocycles. The highest BCUT2D eigenvalue weighted by molar-refractivity contribution is 5.71. The maximum absolute atomic E-state index is 11.5. The van der Waals surface area contributed by atoms with E-state index in [1.54, 1.807) is 6.92 Å². The summed E-state index contributed by atoms with van der Waals surface area (Å²) in [4.78, 5) is 13.3. The van der Waals surface area contributed by atoms with Gasteiger partial charge in [0.2, 0.25) is 0 Å². The topological polar surface area (TPSA) is 75.8 Å². The summed E-state index contributed by atoms with van der Waals surface area (Å²) in [6.07, 6.45) is -0.629. The normalized spacial score (nSPS) is 12.4. The predicted molar refractivity (Wildman–Crippen MR) is 78.0 cm³/mol. The van der Waals surface area contributed by atoms with Gasteiger partial charge in [0, 0.05) is 13.1 Å². The van der Waals surface area contributed by atoms with Crippen LogP contribution >= 0.6 is 0 Å². The zero-order chi connectivity index (χ0) is 15.0. The number of benzene rings is 1. The van der Waals surface area contributed by atoms with E-state index in [9.17, 15) is 9.90 Å². The minimum Gasteiger partial charge on any atom is -0.465 e. The highest BCUT2D eigenvalue weighted by atomic mass is 16.5. The van der Waals surface area contributed by atoms with Crippen LogP contribution in [0, 0.1) is 0 Å². The smallest absolute Gasteiger partial charge is 0.320 e. The molecule has 5 heteroatoms. The molecule has 0 saturated carbocycles. The summed E-state index contributed by atoms with van der Waals surface area (Å²) >= 11 is 0.